The Labute approximate surface area is 174 Å². The van der Waals surface area contributed by atoms with Gasteiger partial charge in [-0.15, -0.1) is 0 Å². The Hall–Kier alpha value is -2.16. The van der Waals surface area contributed by atoms with Gasteiger partial charge in [0, 0.05) is 53.1 Å². The number of aromatic amines is 1. The zero-order chi connectivity index (χ0) is 20.2. The fourth-order valence-electron chi connectivity index (χ4n) is 3.99. The van der Waals surface area contributed by atoms with Crippen molar-refractivity contribution in [2.75, 3.05) is 37.5 Å². The molecule has 0 spiro atoms. The van der Waals surface area contributed by atoms with Crippen LogP contribution in [0.15, 0.2) is 30.5 Å². The maximum absolute atomic E-state index is 12.6. The third-order valence-electron chi connectivity index (χ3n) is 5.80. The molecule has 1 aromatic carbocycles. The summed E-state index contributed by atoms with van der Waals surface area (Å²) in [4.78, 5) is 14.9. The van der Waals surface area contributed by atoms with E-state index in [9.17, 15) is 8.42 Å². The van der Waals surface area contributed by atoms with Gasteiger partial charge in [-0.1, -0.05) is 11.6 Å². The zero-order valence-corrected chi connectivity index (χ0v) is 17.6. The molecule has 1 saturated carbocycles. The van der Waals surface area contributed by atoms with Gasteiger partial charge in [0.05, 0.1) is 18.9 Å². The molecule has 7 nitrogen and oxygen atoms in total. The van der Waals surface area contributed by atoms with Gasteiger partial charge in [-0.25, -0.2) is 18.4 Å². The van der Waals surface area contributed by atoms with Crippen LogP contribution in [0, 0.1) is 0 Å². The second-order valence-corrected chi connectivity index (χ2v) is 10.5. The second kappa shape index (κ2) is 6.68. The van der Waals surface area contributed by atoms with Gasteiger partial charge < -0.3 is 14.6 Å². The van der Waals surface area contributed by atoms with Gasteiger partial charge >= 0.3 is 0 Å². The topological polar surface area (TPSA) is 88.2 Å². The molecule has 0 unspecified atom stereocenters. The monoisotopic (exact) mass is 432 g/mol. The normalized spacial score (nSPS) is 18.9. The lowest BCUT2D eigenvalue weighted by atomic mass is 10.1. The van der Waals surface area contributed by atoms with Gasteiger partial charge in [0.1, 0.15) is 10.6 Å². The molecule has 1 saturated heterocycles. The quantitative estimate of drug-likeness (QED) is 0.681. The number of H-pyrrole nitrogens is 1. The third-order valence-corrected chi connectivity index (χ3v) is 8.06. The average molecular weight is 433 g/mol. The van der Waals surface area contributed by atoms with E-state index in [1.807, 2.05) is 30.5 Å². The van der Waals surface area contributed by atoms with Crippen LogP contribution < -0.4 is 4.90 Å². The molecule has 0 atom stereocenters. The van der Waals surface area contributed by atoms with Crippen molar-refractivity contribution < 1.29 is 13.2 Å². The van der Waals surface area contributed by atoms with E-state index < -0.39 is 14.6 Å². The molecule has 1 N–H and O–H groups in total. The number of anilines is 1. The Morgan fingerprint density at radius 2 is 1.93 bits per heavy atom. The maximum atomic E-state index is 12.6. The number of fused-ring (bicyclic) bond motifs is 1. The fourth-order valence-corrected chi connectivity index (χ4v) is 5.54. The smallest absolute Gasteiger partial charge is 0.162 e. The summed E-state index contributed by atoms with van der Waals surface area (Å²) in [6.07, 6.45) is 4.30. The Morgan fingerprint density at radius 1 is 1.17 bits per heavy atom. The standard InChI is InChI=1S/C20H21ClN4O3S/c1-29(26,27)20(3-4-20)17-12-18(25-6-8-28-9-7-25)24-19(23-17)15-10-13(21)11-16-14(15)2-5-22-16/h2,5,10-12,22H,3-4,6-9H2,1H3. The molecule has 152 valence electrons. The number of hydrogen-bond acceptors (Lipinski definition) is 6. The largest absolute Gasteiger partial charge is 0.378 e. The first-order valence-electron chi connectivity index (χ1n) is 9.56. The Kier molecular flexibility index (Phi) is 4.34. The first kappa shape index (κ1) is 18.8. The summed E-state index contributed by atoms with van der Waals surface area (Å²) in [5.74, 6) is 1.22. The van der Waals surface area contributed by atoms with E-state index in [0.717, 1.165) is 22.3 Å². The van der Waals surface area contributed by atoms with Gasteiger partial charge in [0.2, 0.25) is 0 Å². The van der Waals surface area contributed by atoms with Crippen LogP contribution in [0.3, 0.4) is 0 Å². The molecule has 0 bridgehead atoms. The van der Waals surface area contributed by atoms with Gasteiger partial charge in [-0.3, -0.25) is 0 Å². The molecule has 29 heavy (non-hydrogen) atoms. The number of nitrogens with one attached hydrogen (secondary N) is 1. The Balaban J connectivity index is 1.72. The first-order chi connectivity index (χ1) is 13.9. The molecule has 2 fully saturated rings. The lowest BCUT2D eigenvalue weighted by molar-refractivity contribution is 0.122. The van der Waals surface area contributed by atoms with Crippen molar-refractivity contribution in [2.24, 2.45) is 0 Å². The van der Waals surface area contributed by atoms with E-state index in [0.29, 0.717) is 55.7 Å². The summed E-state index contributed by atoms with van der Waals surface area (Å²) in [6, 6.07) is 7.47. The van der Waals surface area contributed by atoms with E-state index in [4.69, 9.17) is 26.3 Å². The lowest BCUT2D eigenvalue weighted by Crippen LogP contribution is -2.37. The summed E-state index contributed by atoms with van der Waals surface area (Å²) in [5.41, 5.74) is 2.24. The van der Waals surface area contributed by atoms with Crippen LogP contribution in [0.2, 0.25) is 5.02 Å². The van der Waals surface area contributed by atoms with Crippen molar-refractivity contribution in [1.29, 1.82) is 0 Å². The minimum Gasteiger partial charge on any atom is -0.378 e. The highest BCUT2D eigenvalue weighted by Gasteiger charge is 2.55. The molecule has 5 rings (SSSR count). The van der Waals surface area contributed by atoms with E-state index in [1.54, 1.807) is 0 Å². The molecule has 2 aromatic heterocycles. The van der Waals surface area contributed by atoms with Gasteiger partial charge in [0.25, 0.3) is 0 Å². The van der Waals surface area contributed by atoms with E-state index in [-0.39, 0.29) is 0 Å². The highest BCUT2D eigenvalue weighted by molar-refractivity contribution is 7.91. The number of morpholine rings is 1. The summed E-state index contributed by atoms with van der Waals surface area (Å²) in [7, 11) is -3.30. The van der Waals surface area contributed by atoms with Crippen LogP contribution in [-0.4, -0.2) is 55.9 Å². The van der Waals surface area contributed by atoms with E-state index in [1.165, 1.54) is 6.26 Å². The molecule has 1 aliphatic carbocycles. The highest BCUT2D eigenvalue weighted by Crippen LogP contribution is 2.52. The number of rotatable bonds is 4. The Morgan fingerprint density at radius 3 is 2.62 bits per heavy atom. The van der Waals surface area contributed by atoms with Crippen LogP contribution in [0.25, 0.3) is 22.3 Å². The van der Waals surface area contributed by atoms with Crippen molar-refractivity contribution in [3.05, 3.63) is 41.2 Å². The molecular formula is C20H21ClN4O3S. The molecule has 0 radical (unpaired) electrons. The van der Waals surface area contributed by atoms with Crippen LogP contribution in [0.5, 0.6) is 0 Å². The number of nitrogens with zero attached hydrogens (tertiary/aromatic N) is 3. The van der Waals surface area contributed by atoms with E-state index >= 15 is 0 Å². The molecule has 9 heteroatoms. The molecule has 3 heterocycles. The van der Waals surface area contributed by atoms with Crippen molar-refractivity contribution in [1.82, 2.24) is 15.0 Å². The minimum absolute atomic E-state index is 0.492. The van der Waals surface area contributed by atoms with Gasteiger partial charge in [-0.2, -0.15) is 0 Å². The Bertz CT molecular complexity index is 1200. The minimum atomic E-state index is -3.30. The number of ether oxygens (including phenoxy) is 1. The van der Waals surface area contributed by atoms with Crippen LogP contribution in [0.4, 0.5) is 5.82 Å². The van der Waals surface area contributed by atoms with Crippen molar-refractivity contribution >= 4 is 38.2 Å². The molecule has 1 aliphatic heterocycles. The number of hydrogen-bond donors (Lipinski definition) is 1. The van der Waals surface area contributed by atoms with Gasteiger partial charge in [-0.05, 0) is 31.0 Å². The average Bonchev–Trinajstić information content (AvgIpc) is 3.41. The maximum Gasteiger partial charge on any atom is 0.162 e. The summed E-state index contributed by atoms with van der Waals surface area (Å²) in [5, 5.41) is 1.52. The highest BCUT2D eigenvalue weighted by atomic mass is 35.5. The van der Waals surface area contributed by atoms with E-state index in [2.05, 4.69) is 9.88 Å². The predicted molar refractivity (Wildman–Crippen MR) is 113 cm³/mol. The zero-order valence-electron chi connectivity index (χ0n) is 16.0. The SMILES string of the molecule is CS(=O)(=O)C1(c2cc(N3CCOCC3)nc(-c3cc(Cl)cc4[nH]ccc34)n2)CC1. The lowest BCUT2D eigenvalue weighted by Gasteiger charge is -2.29. The first-order valence-corrected chi connectivity index (χ1v) is 11.8. The molecule has 2 aliphatic rings. The van der Waals surface area contributed by atoms with Crippen molar-refractivity contribution in [3.63, 3.8) is 0 Å². The molecular weight excluding hydrogens is 412 g/mol. The molecule has 3 aromatic rings. The third kappa shape index (κ3) is 3.19. The van der Waals surface area contributed by atoms with Crippen LogP contribution >= 0.6 is 11.6 Å². The second-order valence-electron chi connectivity index (χ2n) is 7.69. The number of aromatic nitrogens is 3. The van der Waals surface area contributed by atoms with Crippen molar-refractivity contribution in [3.8, 4) is 11.4 Å². The number of benzene rings is 1. The summed E-state index contributed by atoms with van der Waals surface area (Å²) in [6.45, 7) is 2.64. The summed E-state index contributed by atoms with van der Waals surface area (Å²) < 4.78 is 29.7. The van der Waals surface area contributed by atoms with Crippen LogP contribution in [-0.2, 0) is 19.3 Å². The summed E-state index contributed by atoms with van der Waals surface area (Å²) >= 11 is 6.34. The molecule has 0 amide bonds. The van der Waals surface area contributed by atoms with Crippen LogP contribution in [0.1, 0.15) is 18.5 Å². The number of halogens is 1. The van der Waals surface area contributed by atoms with Gasteiger partial charge in [0.15, 0.2) is 15.7 Å². The van der Waals surface area contributed by atoms with Crippen molar-refractivity contribution in [2.45, 2.75) is 17.6 Å². The predicted octanol–water partition coefficient (Wildman–Crippen LogP) is 3.15. The fraction of sp³-hybridized carbons (Fsp3) is 0.400. The number of sulfone groups is 1.